The number of hydrogen-bond acceptors (Lipinski definition) is 4. The number of nitrogens with zero attached hydrogens (tertiary/aromatic N) is 1. The molecule has 0 spiro atoms. The van der Waals surface area contributed by atoms with Gasteiger partial charge in [0.1, 0.15) is 11.5 Å². The van der Waals surface area contributed by atoms with Crippen LogP contribution < -0.4 is 4.74 Å². The fourth-order valence-electron chi connectivity index (χ4n) is 1.39. The fourth-order valence-corrected chi connectivity index (χ4v) is 1.91. The Morgan fingerprint density at radius 3 is 2.88 bits per heavy atom. The molecule has 2 aromatic rings. The van der Waals surface area contributed by atoms with Crippen LogP contribution in [-0.4, -0.2) is 17.5 Å². The molecule has 17 heavy (non-hydrogen) atoms. The van der Waals surface area contributed by atoms with E-state index in [9.17, 15) is 4.79 Å². The van der Waals surface area contributed by atoms with Gasteiger partial charge >= 0.3 is 0 Å². The highest BCUT2D eigenvalue weighted by Gasteiger charge is 2.04. The lowest BCUT2D eigenvalue weighted by molar-refractivity contribution is 0.112. The van der Waals surface area contributed by atoms with Gasteiger partial charge in [-0.1, -0.05) is 12.1 Å². The van der Waals surface area contributed by atoms with Gasteiger partial charge in [0.15, 0.2) is 6.29 Å². The molecular weight excluding hydrogens is 234 g/mol. The molecule has 0 saturated heterocycles. The number of pyridine rings is 1. The highest BCUT2D eigenvalue weighted by Crippen LogP contribution is 2.30. The zero-order chi connectivity index (χ0) is 12.1. The van der Waals surface area contributed by atoms with Gasteiger partial charge < -0.3 is 4.74 Å². The smallest absolute Gasteiger partial charge is 0.151 e. The Labute approximate surface area is 104 Å². The quantitative estimate of drug-likeness (QED) is 0.611. The maximum Gasteiger partial charge on any atom is 0.151 e. The predicted octanol–water partition coefficient (Wildman–Crippen LogP) is 3.41. The highest BCUT2D eigenvalue weighted by molar-refractivity contribution is 7.98. The monoisotopic (exact) mass is 245 g/mol. The van der Waals surface area contributed by atoms with Crippen molar-refractivity contribution in [2.75, 3.05) is 6.26 Å². The van der Waals surface area contributed by atoms with E-state index in [-0.39, 0.29) is 0 Å². The Hall–Kier alpha value is -1.81. The largest absolute Gasteiger partial charge is 0.455 e. The molecule has 0 fully saturated rings. The van der Waals surface area contributed by atoms with Crippen molar-refractivity contribution in [2.45, 2.75) is 4.90 Å². The lowest BCUT2D eigenvalue weighted by atomic mass is 10.3. The summed E-state index contributed by atoms with van der Waals surface area (Å²) in [6, 6.07) is 9.40. The van der Waals surface area contributed by atoms with Gasteiger partial charge in [-0.15, -0.1) is 11.8 Å². The number of para-hydroxylation sites is 1. The standard InChI is InChI=1S/C13H11NO2S/c1-17-13-5-3-2-4-12(13)16-11-6-10(9-15)7-14-8-11/h2-9H,1H3. The predicted molar refractivity (Wildman–Crippen MR) is 67.9 cm³/mol. The molecule has 0 amide bonds. The van der Waals surface area contributed by atoms with Crippen molar-refractivity contribution in [3.63, 3.8) is 0 Å². The highest BCUT2D eigenvalue weighted by atomic mass is 32.2. The van der Waals surface area contributed by atoms with Crippen LogP contribution in [0.15, 0.2) is 47.6 Å². The molecule has 3 nitrogen and oxygen atoms in total. The summed E-state index contributed by atoms with van der Waals surface area (Å²) in [5.74, 6) is 1.33. The number of aromatic nitrogens is 1. The van der Waals surface area contributed by atoms with Crippen LogP contribution in [-0.2, 0) is 0 Å². The van der Waals surface area contributed by atoms with Crippen molar-refractivity contribution in [3.05, 3.63) is 48.3 Å². The molecule has 2 rings (SSSR count). The van der Waals surface area contributed by atoms with E-state index in [1.165, 1.54) is 6.20 Å². The molecule has 0 aliphatic heterocycles. The molecule has 0 aliphatic carbocycles. The van der Waals surface area contributed by atoms with Gasteiger partial charge in [-0.25, -0.2) is 0 Å². The second-order valence-corrected chi connectivity index (χ2v) is 4.17. The van der Waals surface area contributed by atoms with Crippen molar-refractivity contribution >= 4 is 18.0 Å². The third-order valence-electron chi connectivity index (χ3n) is 2.17. The van der Waals surface area contributed by atoms with Gasteiger partial charge in [0, 0.05) is 16.7 Å². The van der Waals surface area contributed by atoms with Gasteiger partial charge in [-0.05, 0) is 24.5 Å². The molecule has 4 heteroatoms. The lowest BCUT2D eigenvalue weighted by Gasteiger charge is -2.08. The summed E-state index contributed by atoms with van der Waals surface area (Å²) in [5, 5.41) is 0. The minimum Gasteiger partial charge on any atom is -0.455 e. The molecule has 0 atom stereocenters. The van der Waals surface area contributed by atoms with E-state index in [0.717, 1.165) is 16.9 Å². The van der Waals surface area contributed by atoms with Crippen LogP contribution in [0, 0.1) is 0 Å². The number of carbonyl (C=O) groups excluding carboxylic acids is 1. The molecule has 0 saturated carbocycles. The number of hydrogen-bond donors (Lipinski definition) is 0. The van der Waals surface area contributed by atoms with E-state index in [1.807, 2.05) is 30.5 Å². The average Bonchev–Trinajstić information content (AvgIpc) is 2.39. The molecule has 0 radical (unpaired) electrons. The van der Waals surface area contributed by atoms with Crippen LogP contribution in [0.4, 0.5) is 0 Å². The lowest BCUT2D eigenvalue weighted by Crippen LogP contribution is -1.89. The summed E-state index contributed by atoms with van der Waals surface area (Å²) in [6.45, 7) is 0. The third kappa shape index (κ3) is 2.85. The van der Waals surface area contributed by atoms with Crippen molar-refractivity contribution in [1.82, 2.24) is 4.98 Å². The second kappa shape index (κ2) is 5.50. The fraction of sp³-hybridized carbons (Fsp3) is 0.0769. The number of ether oxygens (including phenoxy) is 1. The van der Waals surface area contributed by atoms with E-state index in [0.29, 0.717) is 11.3 Å². The molecule has 1 heterocycles. The Morgan fingerprint density at radius 1 is 1.29 bits per heavy atom. The van der Waals surface area contributed by atoms with Gasteiger partial charge in [-0.3, -0.25) is 9.78 Å². The van der Waals surface area contributed by atoms with Crippen LogP contribution in [0.25, 0.3) is 0 Å². The van der Waals surface area contributed by atoms with Crippen molar-refractivity contribution in [2.24, 2.45) is 0 Å². The van der Waals surface area contributed by atoms with E-state index >= 15 is 0 Å². The van der Waals surface area contributed by atoms with E-state index in [1.54, 1.807) is 24.0 Å². The van der Waals surface area contributed by atoms with E-state index < -0.39 is 0 Å². The van der Waals surface area contributed by atoms with Crippen LogP contribution >= 0.6 is 11.8 Å². The molecule has 0 aliphatic rings. The molecular formula is C13H11NO2S. The van der Waals surface area contributed by atoms with Gasteiger partial charge in [-0.2, -0.15) is 0 Å². The first-order valence-corrected chi connectivity index (χ1v) is 6.27. The summed E-state index contributed by atoms with van der Waals surface area (Å²) >= 11 is 1.61. The number of rotatable bonds is 4. The number of carbonyl (C=O) groups is 1. The van der Waals surface area contributed by atoms with Crippen molar-refractivity contribution < 1.29 is 9.53 Å². The first-order valence-electron chi connectivity index (χ1n) is 5.04. The molecule has 1 aromatic carbocycles. The first kappa shape index (κ1) is 11.7. The zero-order valence-corrected chi connectivity index (χ0v) is 10.1. The molecule has 0 bridgehead atoms. The van der Waals surface area contributed by atoms with Gasteiger partial charge in [0.2, 0.25) is 0 Å². The third-order valence-corrected chi connectivity index (χ3v) is 2.94. The Bertz CT molecular complexity index is 528. The summed E-state index contributed by atoms with van der Waals surface area (Å²) in [5.41, 5.74) is 0.504. The Balaban J connectivity index is 2.27. The van der Waals surface area contributed by atoms with Crippen LogP contribution in [0.5, 0.6) is 11.5 Å². The van der Waals surface area contributed by atoms with E-state index in [4.69, 9.17) is 4.74 Å². The number of thioether (sulfide) groups is 1. The topological polar surface area (TPSA) is 39.2 Å². The summed E-state index contributed by atoms with van der Waals surface area (Å²) < 4.78 is 5.70. The Morgan fingerprint density at radius 2 is 2.12 bits per heavy atom. The zero-order valence-electron chi connectivity index (χ0n) is 9.29. The van der Waals surface area contributed by atoms with Crippen molar-refractivity contribution in [1.29, 1.82) is 0 Å². The molecule has 0 unspecified atom stereocenters. The second-order valence-electron chi connectivity index (χ2n) is 3.32. The van der Waals surface area contributed by atoms with Crippen molar-refractivity contribution in [3.8, 4) is 11.5 Å². The van der Waals surface area contributed by atoms with E-state index in [2.05, 4.69) is 4.98 Å². The van der Waals surface area contributed by atoms with Crippen LogP contribution in [0.3, 0.4) is 0 Å². The summed E-state index contributed by atoms with van der Waals surface area (Å²) in [4.78, 5) is 15.6. The minimum atomic E-state index is 0.504. The van der Waals surface area contributed by atoms with Gasteiger partial charge in [0.05, 0.1) is 6.20 Å². The summed E-state index contributed by atoms with van der Waals surface area (Å²) in [7, 11) is 0. The molecule has 0 N–H and O–H groups in total. The molecule has 86 valence electrons. The Kier molecular flexibility index (Phi) is 3.77. The normalized spacial score (nSPS) is 9.94. The first-order chi connectivity index (χ1) is 8.33. The number of benzene rings is 1. The van der Waals surface area contributed by atoms with Crippen LogP contribution in [0.2, 0.25) is 0 Å². The number of aldehydes is 1. The molecule has 1 aromatic heterocycles. The average molecular weight is 245 g/mol. The SMILES string of the molecule is CSc1ccccc1Oc1cncc(C=O)c1. The van der Waals surface area contributed by atoms with Crippen LogP contribution in [0.1, 0.15) is 10.4 Å². The van der Waals surface area contributed by atoms with Gasteiger partial charge in [0.25, 0.3) is 0 Å². The summed E-state index contributed by atoms with van der Waals surface area (Å²) in [6.07, 6.45) is 5.83. The maximum absolute atomic E-state index is 10.6. The minimum absolute atomic E-state index is 0.504. The maximum atomic E-state index is 10.6.